The van der Waals surface area contributed by atoms with Crippen molar-refractivity contribution in [1.82, 2.24) is 4.98 Å². The summed E-state index contributed by atoms with van der Waals surface area (Å²) in [6.07, 6.45) is 3.56. The summed E-state index contributed by atoms with van der Waals surface area (Å²) in [6, 6.07) is 2.21. The number of anilines is 2. The van der Waals surface area contributed by atoms with Gasteiger partial charge in [-0.05, 0) is 12.5 Å². The van der Waals surface area contributed by atoms with E-state index in [0.29, 0.717) is 10.9 Å². The Morgan fingerprint density at radius 3 is 3.00 bits per heavy atom. The summed E-state index contributed by atoms with van der Waals surface area (Å²) < 4.78 is 0. The summed E-state index contributed by atoms with van der Waals surface area (Å²) in [4.78, 5) is 22.2. The molecule has 0 aromatic carbocycles. The second-order valence-electron chi connectivity index (χ2n) is 4.95. The van der Waals surface area contributed by atoms with E-state index in [-0.39, 0.29) is 11.3 Å². The number of carbonyl (C=O) groups excluding carboxylic acids is 1. The lowest BCUT2D eigenvalue weighted by atomic mass is 10.2. The number of amidine groups is 1. The zero-order valence-corrected chi connectivity index (χ0v) is 15.4. The number of nitrogens with zero attached hydrogens (tertiary/aromatic N) is 2. The fourth-order valence-corrected chi connectivity index (χ4v) is 4.81. The zero-order valence-electron chi connectivity index (χ0n) is 13.0. The molecule has 3 rings (SSSR count). The summed E-state index contributed by atoms with van der Waals surface area (Å²) >= 11 is 4.76. The SMILES string of the molecule is CCC1=N[C@H](SCC(=O)Nc2nccs2)c2cc(CC)sc2N1. The Morgan fingerprint density at radius 1 is 1.43 bits per heavy atom. The van der Waals surface area contributed by atoms with Crippen molar-refractivity contribution >= 4 is 56.3 Å². The van der Waals surface area contributed by atoms with Gasteiger partial charge in [0.1, 0.15) is 16.2 Å². The van der Waals surface area contributed by atoms with Crippen LogP contribution in [0.2, 0.25) is 0 Å². The second kappa shape index (κ2) is 7.46. The van der Waals surface area contributed by atoms with Crippen LogP contribution in [0.4, 0.5) is 10.1 Å². The number of fused-ring (bicyclic) bond motifs is 1. The van der Waals surface area contributed by atoms with Crippen LogP contribution in [-0.4, -0.2) is 22.5 Å². The van der Waals surface area contributed by atoms with Crippen LogP contribution in [0.5, 0.6) is 0 Å². The minimum Gasteiger partial charge on any atom is -0.335 e. The highest BCUT2D eigenvalue weighted by atomic mass is 32.2. The second-order valence-corrected chi connectivity index (χ2v) is 8.05. The van der Waals surface area contributed by atoms with Crippen LogP contribution in [0.1, 0.15) is 36.1 Å². The predicted molar refractivity (Wildman–Crippen MR) is 101 cm³/mol. The van der Waals surface area contributed by atoms with Gasteiger partial charge in [-0.1, -0.05) is 13.8 Å². The molecule has 23 heavy (non-hydrogen) atoms. The summed E-state index contributed by atoms with van der Waals surface area (Å²) in [7, 11) is 0. The van der Waals surface area contributed by atoms with Crippen LogP contribution >= 0.6 is 34.4 Å². The Kier molecular flexibility index (Phi) is 5.34. The predicted octanol–water partition coefficient (Wildman–Crippen LogP) is 4.37. The molecule has 1 aliphatic rings. The molecule has 8 heteroatoms. The van der Waals surface area contributed by atoms with Crippen molar-refractivity contribution in [3.63, 3.8) is 0 Å². The minimum absolute atomic E-state index is 0.0141. The van der Waals surface area contributed by atoms with Crippen molar-refractivity contribution < 1.29 is 4.79 Å². The number of thiophene rings is 1. The number of amides is 1. The molecule has 2 aromatic heterocycles. The summed E-state index contributed by atoms with van der Waals surface area (Å²) in [5, 5.41) is 9.86. The highest BCUT2D eigenvalue weighted by molar-refractivity contribution is 8.00. The third kappa shape index (κ3) is 3.94. The van der Waals surface area contributed by atoms with Crippen LogP contribution in [0, 0.1) is 0 Å². The fraction of sp³-hybridized carbons (Fsp3) is 0.400. The number of aliphatic imine (C=N–C) groups is 1. The molecule has 0 aliphatic carbocycles. The lowest BCUT2D eigenvalue weighted by Crippen LogP contribution is -2.19. The molecule has 1 amide bonds. The molecule has 5 nitrogen and oxygen atoms in total. The number of thioether (sulfide) groups is 1. The number of nitrogens with one attached hydrogen (secondary N) is 2. The number of carbonyl (C=O) groups is 1. The first-order valence-corrected chi connectivity index (χ1v) is 10.2. The molecule has 0 saturated heterocycles. The largest absolute Gasteiger partial charge is 0.335 e. The molecular formula is C15H18N4OS3. The van der Waals surface area contributed by atoms with Crippen molar-refractivity contribution in [3.05, 3.63) is 28.1 Å². The Morgan fingerprint density at radius 2 is 2.30 bits per heavy atom. The van der Waals surface area contributed by atoms with E-state index in [0.717, 1.165) is 18.7 Å². The van der Waals surface area contributed by atoms with Crippen molar-refractivity contribution in [3.8, 4) is 0 Å². The zero-order chi connectivity index (χ0) is 16.2. The number of hydrogen-bond acceptors (Lipinski definition) is 7. The number of aryl methyl sites for hydroxylation is 1. The van der Waals surface area contributed by atoms with Crippen molar-refractivity contribution in [2.24, 2.45) is 4.99 Å². The Labute approximate surface area is 147 Å². The summed E-state index contributed by atoms with van der Waals surface area (Å²) in [6.45, 7) is 4.24. The normalized spacial score (nSPS) is 16.4. The highest BCUT2D eigenvalue weighted by Crippen LogP contribution is 2.43. The monoisotopic (exact) mass is 366 g/mol. The first-order chi connectivity index (χ1) is 11.2. The molecule has 1 atom stereocenters. The smallest absolute Gasteiger partial charge is 0.236 e. The summed E-state index contributed by atoms with van der Waals surface area (Å²) in [5.74, 6) is 1.31. The van der Waals surface area contributed by atoms with E-state index in [4.69, 9.17) is 4.99 Å². The molecule has 0 spiro atoms. The number of thiazole rings is 1. The molecule has 0 radical (unpaired) electrons. The lowest BCUT2D eigenvalue weighted by Gasteiger charge is -2.21. The van der Waals surface area contributed by atoms with Crippen LogP contribution in [0.3, 0.4) is 0 Å². The maximum absolute atomic E-state index is 12.1. The highest BCUT2D eigenvalue weighted by Gasteiger charge is 2.24. The van der Waals surface area contributed by atoms with Gasteiger partial charge in [0, 0.05) is 28.4 Å². The molecule has 0 fully saturated rings. The number of hydrogen-bond donors (Lipinski definition) is 2. The van der Waals surface area contributed by atoms with Gasteiger partial charge in [-0.15, -0.1) is 34.4 Å². The van der Waals surface area contributed by atoms with Gasteiger partial charge in [0.15, 0.2) is 5.13 Å². The average molecular weight is 367 g/mol. The molecule has 1 aliphatic heterocycles. The van der Waals surface area contributed by atoms with Crippen LogP contribution in [0.25, 0.3) is 0 Å². The van der Waals surface area contributed by atoms with Gasteiger partial charge in [0.05, 0.1) is 5.75 Å². The van der Waals surface area contributed by atoms with Gasteiger partial charge in [0.2, 0.25) is 5.91 Å². The van der Waals surface area contributed by atoms with E-state index < -0.39 is 0 Å². The Hall–Kier alpha value is -1.38. The van der Waals surface area contributed by atoms with E-state index in [1.54, 1.807) is 29.3 Å². The van der Waals surface area contributed by atoms with E-state index in [1.807, 2.05) is 5.38 Å². The maximum Gasteiger partial charge on any atom is 0.236 e. The Bertz CT molecular complexity index is 708. The molecule has 2 N–H and O–H groups in total. The van der Waals surface area contributed by atoms with Gasteiger partial charge in [-0.2, -0.15) is 0 Å². The van der Waals surface area contributed by atoms with Crippen LogP contribution in [-0.2, 0) is 11.2 Å². The Balaban J connectivity index is 1.67. The van der Waals surface area contributed by atoms with E-state index in [9.17, 15) is 4.79 Å². The average Bonchev–Trinajstić information content (AvgIpc) is 3.21. The molecular weight excluding hydrogens is 348 g/mol. The van der Waals surface area contributed by atoms with Crippen LogP contribution < -0.4 is 10.6 Å². The third-order valence-electron chi connectivity index (χ3n) is 3.34. The quantitative estimate of drug-likeness (QED) is 0.796. The lowest BCUT2D eigenvalue weighted by molar-refractivity contribution is -0.113. The molecule has 0 unspecified atom stereocenters. The van der Waals surface area contributed by atoms with Crippen molar-refractivity contribution in [2.45, 2.75) is 32.1 Å². The molecule has 0 bridgehead atoms. The molecule has 122 valence electrons. The van der Waals surface area contributed by atoms with Crippen molar-refractivity contribution in [1.29, 1.82) is 0 Å². The van der Waals surface area contributed by atoms with Gasteiger partial charge in [0.25, 0.3) is 0 Å². The maximum atomic E-state index is 12.1. The number of aromatic nitrogens is 1. The first-order valence-electron chi connectivity index (χ1n) is 7.46. The van der Waals surface area contributed by atoms with E-state index >= 15 is 0 Å². The molecule has 0 saturated carbocycles. The van der Waals surface area contributed by atoms with E-state index in [2.05, 4.69) is 35.5 Å². The topological polar surface area (TPSA) is 66.4 Å². The number of rotatable bonds is 6. The standard InChI is InChI=1S/C15H18N4OS3/c1-3-9-7-10-13(17-11(4-2)18-14(10)23-9)22-8-12(20)19-15-16-5-6-21-15/h5-7,13H,3-4,8H2,1-2H3,(H,17,18)(H,16,19,20)/t13-/m1/s1. The van der Waals surface area contributed by atoms with Gasteiger partial charge >= 0.3 is 0 Å². The third-order valence-corrected chi connectivity index (χ3v) is 6.35. The fourth-order valence-electron chi connectivity index (χ4n) is 2.19. The van der Waals surface area contributed by atoms with Crippen molar-refractivity contribution in [2.75, 3.05) is 16.4 Å². The minimum atomic E-state index is -0.0378. The molecule has 2 aromatic rings. The van der Waals surface area contributed by atoms with Gasteiger partial charge in [-0.25, -0.2) is 4.98 Å². The van der Waals surface area contributed by atoms with E-state index in [1.165, 1.54) is 26.8 Å². The van der Waals surface area contributed by atoms with Gasteiger partial charge in [-0.3, -0.25) is 9.79 Å². The first kappa shape index (κ1) is 16.5. The summed E-state index contributed by atoms with van der Waals surface area (Å²) in [5.41, 5.74) is 1.19. The molecule has 3 heterocycles. The van der Waals surface area contributed by atoms with Gasteiger partial charge < -0.3 is 10.6 Å². The van der Waals surface area contributed by atoms with Crippen LogP contribution in [0.15, 0.2) is 22.6 Å².